The van der Waals surface area contributed by atoms with Crippen LogP contribution in [0.5, 0.6) is 5.75 Å². The Hall–Kier alpha value is -1.89. The number of rotatable bonds is 6. The van der Waals surface area contributed by atoms with Crippen LogP contribution in [0.2, 0.25) is 0 Å². The van der Waals surface area contributed by atoms with E-state index in [0.717, 1.165) is 63.1 Å². The predicted octanol–water partition coefficient (Wildman–Crippen LogP) is 3.47. The van der Waals surface area contributed by atoms with Gasteiger partial charge in [0, 0.05) is 43.3 Å². The summed E-state index contributed by atoms with van der Waals surface area (Å²) in [6.45, 7) is 10.6. The maximum absolute atomic E-state index is 5.63. The summed E-state index contributed by atoms with van der Waals surface area (Å²) in [5.74, 6) is 1.93. The van der Waals surface area contributed by atoms with Gasteiger partial charge in [-0.15, -0.1) is 0 Å². The maximum Gasteiger partial charge on any atom is 0.138 e. The first-order chi connectivity index (χ1) is 13.7. The molecule has 0 aliphatic carbocycles. The van der Waals surface area contributed by atoms with Gasteiger partial charge >= 0.3 is 0 Å². The molecule has 0 unspecified atom stereocenters. The molecule has 2 fully saturated rings. The maximum atomic E-state index is 5.63. The Morgan fingerprint density at radius 3 is 2.68 bits per heavy atom. The minimum absolute atomic E-state index is 0.399. The molecule has 0 bridgehead atoms. The second-order valence-electron chi connectivity index (χ2n) is 7.90. The summed E-state index contributed by atoms with van der Waals surface area (Å²) in [5.41, 5.74) is 4.90. The third kappa shape index (κ3) is 4.09. The van der Waals surface area contributed by atoms with Gasteiger partial charge in [-0.1, -0.05) is 11.2 Å². The zero-order valence-corrected chi connectivity index (χ0v) is 17.2. The number of benzene rings is 1. The molecule has 2 aromatic rings. The van der Waals surface area contributed by atoms with Crippen LogP contribution in [-0.2, 0) is 17.8 Å². The van der Waals surface area contributed by atoms with E-state index in [0.29, 0.717) is 6.04 Å². The Labute approximate surface area is 167 Å². The Morgan fingerprint density at radius 1 is 1.14 bits per heavy atom. The van der Waals surface area contributed by atoms with Crippen LogP contribution in [0.15, 0.2) is 22.7 Å². The van der Waals surface area contributed by atoms with Crippen molar-refractivity contribution in [1.29, 1.82) is 0 Å². The second kappa shape index (κ2) is 8.64. The lowest BCUT2D eigenvalue weighted by Gasteiger charge is -2.28. The summed E-state index contributed by atoms with van der Waals surface area (Å²) in [7, 11) is 1.76. The third-order valence-corrected chi connectivity index (χ3v) is 6.01. The van der Waals surface area contributed by atoms with E-state index in [1.807, 2.05) is 6.92 Å². The van der Waals surface area contributed by atoms with Crippen LogP contribution >= 0.6 is 0 Å². The van der Waals surface area contributed by atoms with Crippen molar-refractivity contribution in [3.05, 3.63) is 46.3 Å². The summed E-state index contributed by atoms with van der Waals surface area (Å²) in [5, 5.41) is 4.17. The average Bonchev–Trinajstić information content (AvgIpc) is 3.28. The molecule has 0 spiro atoms. The molecule has 0 saturated carbocycles. The number of ether oxygens (including phenoxy) is 2. The summed E-state index contributed by atoms with van der Waals surface area (Å²) in [6, 6.07) is 7.03. The van der Waals surface area contributed by atoms with Crippen LogP contribution in [0.1, 0.15) is 47.0 Å². The lowest BCUT2D eigenvalue weighted by atomic mass is 10.0. The van der Waals surface area contributed by atoms with Crippen LogP contribution < -0.4 is 4.74 Å². The fraction of sp³-hybridized carbons (Fsp3) is 0.591. The van der Waals surface area contributed by atoms with Gasteiger partial charge in [-0.3, -0.25) is 9.80 Å². The topological polar surface area (TPSA) is 51.0 Å². The molecule has 2 aliphatic rings. The summed E-state index contributed by atoms with van der Waals surface area (Å²) in [4.78, 5) is 5.00. The Morgan fingerprint density at radius 2 is 1.96 bits per heavy atom. The van der Waals surface area contributed by atoms with E-state index in [1.165, 1.54) is 29.5 Å². The van der Waals surface area contributed by atoms with E-state index in [1.54, 1.807) is 7.11 Å². The van der Waals surface area contributed by atoms with Gasteiger partial charge in [0.25, 0.3) is 0 Å². The summed E-state index contributed by atoms with van der Waals surface area (Å²) in [6.07, 6.45) is 2.38. The van der Waals surface area contributed by atoms with Crippen molar-refractivity contribution in [3.8, 4) is 5.75 Å². The molecule has 1 aromatic carbocycles. The minimum Gasteiger partial charge on any atom is -0.496 e. The quantitative estimate of drug-likeness (QED) is 0.759. The van der Waals surface area contributed by atoms with Crippen molar-refractivity contribution < 1.29 is 14.0 Å². The Kier molecular flexibility index (Phi) is 5.99. The zero-order valence-electron chi connectivity index (χ0n) is 17.2. The van der Waals surface area contributed by atoms with Crippen LogP contribution in [-0.4, -0.2) is 54.9 Å². The fourth-order valence-corrected chi connectivity index (χ4v) is 4.60. The Bertz CT molecular complexity index is 779. The lowest BCUT2D eigenvalue weighted by Crippen LogP contribution is -2.35. The van der Waals surface area contributed by atoms with Gasteiger partial charge in [-0.2, -0.15) is 0 Å². The first-order valence-electron chi connectivity index (χ1n) is 10.3. The standard InChI is InChI=1S/C22H31N3O3/c1-16-22(17(2)28-23-16)20-5-4-8-25(20)14-18-6-7-21(26-3)19(13-18)15-24-9-11-27-12-10-24/h6-7,13,20H,4-5,8-12,14-15H2,1-3H3/t20-/m1/s1. The summed E-state index contributed by atoms with van der Waals surface area (Å²) < 4.78 is 16.5. The van der Waals surface area contributed by atoms with E-state index < -0.39 is 0 Å². The van der Waals surface area contributed by atoms with E-state index in [-0.39, 0.29) is 0 Å². The molecule has 1 atom stereocenters. The van der Waals surface area contributed by atoms with E-state index in [4.69, 9.17) is 14.0 Å². The molecule has 6 heteroatoms. The van der Waals surface area contributed by atoms with Crippen molar-refractivity contribution in [1.82, 2.24) is 15.0 Å². The predicted molar refractivity (Wildman–Crippen MR) is 107 cm³/mol. The average molecular weight is 386 g/mol. The highest BCUT2D eigenvalue weighted by molar-refractivity contribution is 5.37. The van der Waals surface area contributed by atoms with Gasteiger partial charge < -0.3 is 14.0 Å². The van der Waals surface area contributed by atoms with Gasteiger partial charge in [-0.05, 0) is 50.9 Å². The van der Waals surface area contributed by atoms with Crippen LogP contribution in [0.25, 0.3) is 0 Å². The first-order valence-corrected chi connectivity index (χ1v) is 10.3. The molecule has 2 saturated heterocycles. The molecule has 1 aromatic heterocycles. The van der Waals surface area contributed by atoms with Gasteiger partial charge in [0.15, 0.2) is 0 Å². The largest absolute Gasteiger partial charge is 0.496 e. The first kappa shape index (κ1) is 19.4. The molecule has 0 radical (unpaired) electrons. The van der Waals surface area contributed by atoms with Crippen molar-refractivity contribution >= 4 is 0 Å². The minimum atomic E-state index is 0.399. The van der Waals surface area contributed by atoms with Crippen LogP contribution in [0.4, 0.5) is 0 Å². The van der Waals surface area contributed by atoms with Crippen molar-refractivity contribution in [2.24, 2.45) is 0 Å². The SMILES string of the molecule is COc1ccc(CN2CCC[C@@H]2c2c(C)noc2C)cc1CN1CCOCC1. The fourth-order valence-electron chi connectivity index (χ4n) is 4.60. The monoisotopic (exact) mass is 385 g/mol. The zero-order chi connectivity index (χ0) is 19.5. The smallest absolute Gasteiger partial charge is 0.138 e. The number of aryl methyl sites for hydroxylation is 2. The molecule has 28 heavy (non-hydrogen) atoms. The molecule has 3 heterocycles. The van der Waals surface area contributed by atoms with Crippen LogP contribution in [0.3, 0.4) is 0 Å². The highest BCUT2D eigenvalue weighted by Crippen LogP contribution is 2.36. The van der Waals surface area contributed by atoms with Crippen molar-refractivity contribution in [3.63, 3.8) is 0 Å². The lowest BCUT2D eigenvalue weighted by molar-refractivity contribution is 0.0338. The molecular weight excluding hydrogens is 354 g/mol. The number of morpholine rings is 1. The van der Waals surface area contributed by atoms with Crippen molar-refractivity contribution in [2.75, 3.05) is 40.0 Å². The van der Waals surface area contributed by atoms with Gasteiger partial charge in [0.05, 0.1) is 26.0 Å². The third-order valence-electron chi connectivity index (χ3n) is 6.01. The number of methoxy groups -OCH3 is 1. The number of hydrogen-bond acceptors (Lipinski definition) is 6. The van der Waals surface area contributed by atoms with Gasteiger partial charge in [-0.25, -0.2) is 0 Å². The number of nitrogens with zero attached hydrogens (tertiary/aromatic N) is 3. The number of hydrogen-bond donors (Lipinski definition) is 0. The van der Waals surface area contributed by atoms with E-state index in [2.05, 4.69) is 40.1 Å². The molecule has 6 nitrogen and oxygen atoms in total. The van der Waals surface area contributed by atoms with Gasteiger partial charge in [0.1, 0.15) is 11.5 Å². The second-order valence-corrected chi connectivity index (χ2v) is 7.90. The molecule has 152 valence electrons. The molecule has 0 N–H and O–H groups in total. The van der Waals surface area contributed by atoms with Crippen molar-refractivity contribution in [2.45, 2.75) is 45.8 Å². The van der Waals surface area contributed by atoms with E-state index >= 15 is 0 Å². The van der Waals surface area contributed by atoms with Crippen LogP contribution in [0, 0.1) is 13.8 Å². The molecule has 4 rings (SSSR count). The Balaban J connectivity index is 1.51. The molecule has 2 aliphatic heterocycles. The normalized spacial score (nSPS) is 21.3. The van der Waals surface area contributed by atoms with Gasteiger partial charge in [0.2, 0.25) is 0 Å². The molecule has 0 amide bonds. The number of aromatic nitrogens is 1. The highest BCUT2D eigenvalue weighted by atomic mass is 16.5. The number of likely N-dealkylation sites (tertiary alicyclic amines) is 1. The van der Waals surface area contributed by atoms with E-state index in [9.17, 15) is 0 Å². The highest BCUT2D eigenvalue weighted by Gasteiger charge is 2.30. The summed E-state index contributed by atoms with van der Waals surface area (Å²) >= 11 is 0. The molecular formula is C22H31N3O3.